The van der Waals surface area contributed by atoms with Crippen molar-refractivity contribution < 1.29 is 9.59 Å². The highest BCUT2D eigenvalue weighted by molar-refractivity contribution is 6.12. The molecule has 0 atom stereocenters. The van der Waals surface area contributed by atoms with E-state index >= 15 is 0 Å². The highest BCUT2D eigenvalue weighted by Crippen LogP contribution is 2.26. The number of carbonyl (C=O) groups excluding carboxylic acids is 2. The second-order valence-corrected chi connectivity index (χ2v) is 2.67. The average molecular weight is 161 g/mol. The number of amides is 2. The summed E-state index contributed by atoms with van der Waals surface area (Å²) in [6, 6.07) is 7.31. The Hall–Kier alpha value is -1.64. The number of para-hydroxylation sites is 1. The van der Waals surface area contributed by atoms with Crippen LogP contribution in [0.4, 0.5) is 5.69 Å². The Morgan fingerprint density at radius 2 is 2.08 bits per heavy atom. The number of fused-ring (bicyclic) bond motifs is 1. The van der Waals surface area contributed by atoms with Crippen LogP contribution >= 0.6 is 0 Å². The number of carbonyl (C=O) groups is 2. The van der Waals surface area contributed by atoms with E-state index in [0.29, 0.717) is 12.8 Å². The van der Waals surface area contributed by atoms with E-state index < -0.39 is 0 Å². The number of anilines is 1. The third-order valence-electron chi connectivity index (χ3n) is 1.97. The predicted molar refractivity (Wildman–Crippen MR) is 43.7 cm³/mol. The van der Waals surface area contributed by atoms with Gasteiger partial charge in [-0.1, -0.05) is 18.2 Å². The van der Waals surface area contributed by atoms with Gasteiger partial charge in [-0.05, 0) is 11.6 Å². The van der Waals surface area contributed by atoms with E-state index in [1.165, 1.54) is 0 Å². The van der Waals surface area contributed by atoms with Crippen molar-refractivity contribution in [2.75, 3.05) is 4.90 Å². The maximum atomic E-state index is 11.2. The van der Waals surface area contributed by atoms with Crippen molar-refractivity contribution in [2.24, 2.45) is 0 Å². The van der Waals surface area contributed by atoms with E-state index in [4.69, 9.17) is 0 Å². The molecular formula is C9H7NO2. The van der Waals surface area contributed by atoms with Gasteiger partial charge >= 0.3 is 0 Å². The topological polar surface area (TPSA) is 37.4 Å². The van der Waals surface area contributed by atoms with Crippen LogP contribution in [0, 0.1) is 0 Å². The van der Waals surface area contributed by atoms with Crippen LogP contribution in [0.25, 0.3) is 0 Å². The number of rotatable bonds is 1. The lowest BCUT2D eigenvalue weighted by molar-refractivity contribution is -0.120. The molecule has 0 aliphatic carbocycles. The standard InChI is InChI=1S/C9H7NO2/c11-6-10-8-4-2-1-3-7(8)5-9(10)12/h1-4,6H,5H2. The fourth-order valence-electron chi connectivity index (χ4n) is 1.39. The third kappa shape index (κ3) is 0.830. The molecule has 2 rings (SSSR count). The van der Waals surface area contributed by atoms with Crippen molar-refractivity contribution in [3.05, 3.63) is 29.8 Å². The molecule has 3 nitrogen and oxygen atoms in total. The number of hydrogen-bond acceptors (Lipinski definition) is 2. The van der Waals surface area contributed by atoms with Crippen LogP contribution in [0.5, 0.6) is 0 Å². The van der Waals surface area contributed by atoms with Crippen molar-refractivity contribution in [3.8, 4) is 0 Å². The van der Waals surface area contributed by atoms with E-state index in [9.17, 15) is 9.59 Å². The van der Waals surface area contributed by atoms with Gasteiger partial charge in [0.05, 0.1) is 12.1 Å². The van der Waals surface area contributed by atoms with Crippen LogP contribution in [0.3, 0.4) is 0 Å². The molecule has 1 aromatic carbocycles. The summed E-state index contributed by atoms with van der Waals surface area (Å²) in [6.07, 6.45) is 0.906. The maximum absolute atomic E-state index is 11.2. The van der Waals surface area contributed by atoms with E-state index in [-0.39, 0.29) is 5.91 Å². The SMILES string of the molecule is O=CN1C(=O)Cc2ccccc21. The zero-order valence-corrected chi connectivity index (χ0v) is 6.36. The van der Waals surface area contributed by atoms with Gasteiger partial charge in [0.1, 0.15) is 0 Å². The van der Waals surface area contributed by atoms with E-state index in [1.54, 1.807) is 6.07 Å². The van der Waals surface area contributed by atoms with Crippen molar-refractivity contribution in [1.82, 2.24) is 0 Å². The number of hydrogen-bond donors (Lipinski definition) is 0. The summed E-state index contributed by atoms with van der Waals surface area (Å²) in [5.41, 5.74) is 1.65. The van der Waals surface area contributed by atoms with Gasteiger partial charge in [-0.25, -0.2) is 0 Å². The molecule has 2 amide bonds. The molecule has 0 saturated carbocycles. The molecule has 1 aliphatic rings. The Morgan fingerprint density at radius 3 is 2.83 bits per heavy atom. The van der Waals surface area contributed by atoms with Gasteiger partial charge in [0, 0.05) is 0 Å². The molecule has 0 fully saturated rings. The molecule has 0 spiro atoms. The molecule has 0 bridgehead atoms. The summed E-state index contributed by atoms with van der Waals surface area (Å²) in [4.78, 5) is 22.8. The van der Waals surface area contributed by atoms with Crippen LogP contribution in [-0.4, -0.2) is 12.3 Å². The number of imide groups is 1. The van der Waals surface area contributed by atoms with Gasteiger partial charge in [-0.3, -0.25) is 14.5 Å². The first kappa shape index (κ1) is 7.03. The van der Waals surface area contributed by atoms with Crippen molar-refractivity contribution >= 4 is 18.0 Å². The quantitative estimate of drug-likeness (QED) is 0.569. The van der Waals surface area contributed by atoms with Crippen LogP contribution in [-0.2, 0) is 16.0 Å². The summed E-state index contributed by atoms with van der Waals surface area (Å²) in [5.74, 6) is -0.147. The van der Waals surface area contributed by atoms with Crippen molar-refractivity contribution in [1.29, 1.82) is 0 Å². The minimum atomic E-state index is -0.147. The molecule has 1 aliphatic heterocycles. The van der Waals surface area contributed by atoms with E-state index in [1.807, 2.05) is 18.2 Å². The molecule has 3 heteroatoms. The summed E-state index contributed by atoms with van der Waals surface area (Å²) in [7, 11) is 0. The van der Waals surface area contributed by atoms with Crippen molar-refractivity contribution in [3.63, 3.8) is 0 Å². The normalized spacial score (nSPS) is 14.7. The highest BCUT2D eigenvalue weighted by atomic mass is 16.2. The van der Waals surface area contributed by atoms with Crippen LogP contribution in [0.2, 0.25) is 0 Å². The fourth-order valence-corrected chi connectivity index (χ4v) is 1.39. The maximum Gasteiger partial charge on any atom is 0.238 e. The molecule has 12 heavy (non-hydrogen) atoms. The molecule has 1 heterocycles. The molecule has 0 unspecified atom stereocenters. The first-order chi connectivity index (χ1) is 5.83. The first-order valence-corrected chi connectivity index (χ1v) is 3.68. The Labute approximate surface area is 69.6 Å². The largest absolute Gasteiger partial charge is 0.278 e. The first-order valence-electron chi connectivity index (χ1n) is 3.68. The lowest BCUT2D eigenvalue weighted by Crippen LogP contribution is -2.24. The Balaban J connectivity index is 2.54. The Bertz CT molecular complexity index is 346. The summed E-state index contributed by atoms with van der Waals surface area (Å²) >= 11 is 0. The van der Waals surface area contributed by atoms with Crippen LogP contribution < -0.4 is 4.90 Å². The smallest absolute Gasteiger partial charge is 0.238 e. The fraction of sp³-hybridized carbons (Fsp3) is 0.111. The van der Waals surface area contributed by atoms with E-state index in [2.05, 4.69) is 0 Å². The average Bonchev–Trinajstić information content (AvgIpc) is 2.40. The van der Waals surface area contributed by atoms with Gasteiger partial charge in [-0.15, -0.1) is 0 Å². The zero-order chi connectivity index (χ0) is 8.55. The summed E-state index contributed by atoms with van der Waals surface area (Å²) < 4.78 is 0. The highest BCUT2D eigenvalue weighted by Gasteiger charge is 2.25. The zero-order valence-electron chi connectivity index (χ0n) is 6.36. The monoisotopic (exact) mass is 161 g/mol. The van der Waals surface area contributed by atoms with Gasteiger partial charge in [0.2, 0.25) is 12.3 Å². The molecule has 0 N–H and O–H groups in total. The van der Waals surface area contributed by atoms with Gasteiger partial charge in [0.25, 0.3) is 0 Å². The molecule has 0 radical (unpaired) electrons. The predicted octanol–water partition coefficient (Wildman–Crippen LogP) is 0.732. The van der Waals surface area contributed by atoms with Gasteiger partial charge < -0.3 is 0 Å². The molecule has 60 valence electrons. The summed E-state index contributed by atoms with van der Waals surface area (Å²) in [6.45, 7) is 0. The minimum Gasteiger partial charge on any atom is -0.278 e. The third-order valence-corrected chi connectivity index (χ3v) is 1.97. The van der Waals surface area contributed by atoms with Gasteiger partial charge in [-0.2, -0.15) is 0 Å². The number of nitrogens with zero attached hydrogens (tertiary/aromatic N) is 1. The molecule has 1 aromatic rings. The second kappa shape index (κ2) is 2.44. The van der Waals surface area contributed by atoms with E-state index in [0.717, 1.165) is 16.2 Å². The Kier molecular flexibility index (Phi) is 1.43. The Morgan fingerprint density at radius 1 is 1.33 bits per heavy atom. The lowest BCUT2D eigenvalue weighted by atomic mass is 10.2. The second-order valence-electron chi connectivity index (χ2n) is 2.67. The van der Waals surface area contributed by atoms with Gasteiger partial charge in [0.15, 0.2) is 0 Å². The summed E-state index contributed by atoms with van der Waals surface area (Å²) in [5, 5.41) is 0. The lowest BCUT2D eigenvalue weighted by Gasteiger charge is -2.06. The molecule has 0 aromatic heterocycles. The van der Waals surface area contributed by atoms with Crippen LogP contribution in [0.1, 0.15) is 5.56 Å². The minimum absolute atomic E-state index is 0.147. The van der Waals surface area contributed by atoms with Crippen molar-refractivity contribution in [2.45, 2.75) is 6.42 Å². The molecule has 0 saturated heterocycles. The molecular weight excluding hydrogens is 154 g/mol. The number of benzene rings is 1. The van der Waals surface area contributed by atoms with Crippen LogP contribution in [0.15, 0.2) is 24.3 Å².